The van der Waals surface area contributed by atoms with E-state index < -0.39 is 5.91 Å². The fraction of sp³-hybridized carbons (Fsp3) is 0.0625. The van der Waals surface area contributed by atoms with Crippen LogP contribution < -0.4 is 5.32 Å². The first-order chi connectivity index (χ1) is 10.1. The smallest absolute Gasteiger partial charge is 0.259 e. The number of anilines is 1. The highest BCUT2D eigenvalue weighted by molar-refractivity contribution is 9.10. The van der Waals surface area contributed by atoms with Gasteiger partial charge in [0.15, 0.2) is 0 Å². The maximum atomic E-state index is 12.1. The Kier molecular flexibility index (Phi) is 4.99. The molecule has 0 aliphatic carbocycles. The molecule has 3 N–H and O–H groups in total. The van der Waals surface area contributed by atoms with E-state index in [9.17, 15) is 9.90 Å². The summed E-state index contributed by atoms with van der Waals surface area (Å²) in [5, 5.41) is 21.1. The van der Waals surface area contributed by atoms with Gasteiger partial charge in [-0.1, -0.05) is 33.8 Å². The number of rotatable bonds is 2. The van der Waals surface area contributed by atoms with Crippen LogP contribution in [0.25, 0.3) is 0 Å². The molecule has 106 valence electrons. The van der Waals surface area contributed by atoms with Crippen LogP contribution in [0, 0.1) is 11.8 Å². The summed E-state index contributed by atoms with van der Waals surface area (Å²) in [7, 11) is 0. The molecule has 2 rings (SSSR count). The van der Waals surface area contributed by atoms with Gasteiger partial charge in [0, 0.05) is 15.7 Å². The number of carbonyl (C=O) groups excluding carboxylic acids is 1. The van der Waals surface area contributed by atoms with Gasteiger partial charge in [-0.15, -0.1) is 0 Å². The van der Waals surface area contributed by atoms with Gasteiger partial charge >= 0.3 is 0 Å². The molecule has 0 spiro atoms. The normalized spacial score (nSPS) is 9.62. The first-order valence-corrected chi connectivity index (χ1v) is 6.89. The van der Waals surface area contributed by atoms with Gasteiger partial charge in [0.1, 0.15) is 12.4 Å². The Morgan fingerprint density at radius 1 is 1.24 bits per heavy atom. The van der Waals surface area contributed by atoms with Crippen molar-refractivity contribution in [2.45, 2.75) is 0 Å². The van der Waals surface area contributed by atoms with Crippen LogP contribution in [0.5, 0.6) is 5.75 Å². The summed E-state index contributed by atoms with van der Waals surface area (Å²) in [5.74, 6) is 4.79. The third kappa shape index (κ3) is 4.09. The van der Waals surface area contributed by atoms with Crippen LogP contribution in [-0.2, 0) is 0 Å². The van der Waals surface area contributed by atoms with E-state index in [-0.39, 0.29) is 17.9 Å². The molecule has 2 aromatic rings. The number of nitrogens with one attached hydrogen (secondary N) is 1. The average molecular weight is 346 g/mol. The van der Waals surface area contributed by atoms with Crippen LogP contribution in [0.3, 0.4) is 0 Å². The van der Waals surface area contributed by atoms with Crippen molar-refractivity contribution in [3.63, 3.8) is 0 Å². The molecule has 2 aromatic carbocycles. The molecule has 4 nitrogen and oxygen atoms in total. The fourth-order valence-corrected chi connectivity index (χ4v) is 2.07. The summed E-state index contributed by atoms with van der Waals surface area (Å²) in [6.45, 7) is -0.220. The van der Waals surface area contributed by atoms with E-state index in [2.05, 4.69) is 33.1 Å². The average Bonchev–Trinajstić information content (AvgIpc) is 2.48. The maximum Gasteiger partial charge on any atom is 0.259 e. The Labute approximate surface area is 130 Å². The highest BCUT2D eigenvalue weighted by Crippen LogP contribution is 2.23. The Balaban J connectivity index is 2.21. The van der Waals surface area contributed by atoms with E-state index >= 15 is 0 Å². The summed E-state index contributed by atoms with van der Waals surface area (Å²) in [5.41, 5.74) is 1.42. The molecule has 0 aliphatic rings. The molecule has 0 unspecified atom stereocenters. The summed E-state index contributed by atoms with van der Waals surface area (Å²) in [6.07, 6.45) is 0. The van der Waals surface area contributed by atoms with E-state index in [0.717, 1.165) is 0 Å². The Bertz CT molecular complexity index is 732. The number of phenols is 1. The number of aromatic hydroxyl groups is 1. The second kappa shape index (κ2) is 6.93. The van der Waals surface area contributed by atoms with E-state index in [4.69, 9.17) is 5.11 Å². The van der Waals surface area contributed by atoms with Crippen LogP contribution in [0.4, 0.5) is 5.69 Å². The summed E-state index contributed by atoms with van der Waals surface area (Å²) in [4.78, 5) is 12.1. The summed E-state index contributed by atoms with van der Waals surface area (Å²) < 4.78 is 0.702. The van der Waals surface area contributed by atoms with Crippen LogP contribution in [0.1, 0.15) is 15.9 Å². The lowest BCUT2D eigenvalue weighted by Gasteiger charge is -2.07. The number of aliphatic hydroxyl groups excluding tert-OH is 1. The minimum absolute atomic E-state index is 0.0908. The third-order valence-corrected chi connectivity index (χ3v) is 3.13. The topological polar surface area (TPSA) is 69.6 Å². The molecule has 0 atom stereocenters. The minimum Gasteiger partial charge on any atom is -0.507 e. The first-order valence-electron chi connectivity index (χ1n) is 6.10. The van der Waals surface area contributed by atoms with Crippen LogP contribution >= 0.6 is 15.9 Å². The monoisotopic (exact) mass is 345 g/mol. The fourth-order valence-electron chi connectivity index (χ4n) is 1.70. The standard InChI is InChI=1S/C16H12BrNO3/c17-12-6-7-15(20)14(10-12)16(21)18-13-5-1-3-11(9-13)4-2-8-19/h1,3,5-7,9-10,19-20H,8H2,(H,18,21). The van der Waals surface area contributed by atoms with Crippen molar-refractivity contribution in [1.29, 1.82) is 0 Å². The zero-order chi connectivity index (χ0) is 15.2. The van der Waals surface area contributed by atoms with Crippen molar-refractivity contribution in [2.24, 2.45) is 0 Å². The molecule has 0 bridgehead atoms. The number of amides is 1. The predicted molar refractivity (Wildman–Crippen MR) is 84.2 cm³/mol. The van der Waals surface area contributed by atoms with Crippen molar-refractivity contribution in [1.82, 2.24) is 0 Å². The van der Waals surface area contributed by atoms with E-state index in [0.29, 0.717) is 15.7 Å². The number of hydrogen-bond acceptors (Lipinski definition) is 3. The van der Waals surface area contributed by atoms with Crippen LogP contribution in [-0.4, -0.2) is 22.7 Å². The van der Waals surface area contributed by atoms with Crippen molar-refractivity contribution < 1.29 is 15.0 Å². The van der Waals surface area contributed by atoms with Gasteiger partial charge in [0.25, 0.3) is 5.91 Å². The molecule has 5 heteroatoms. The molecule has 0 aromatic heterocycles. The Hall–Kier alpha value is -2.29. The molecular weight excluding hydrogens is 334 g/mol. The molecule has 1 amide bonds. The third-order valence-electron chi connectivity index (χ3n) is 2.64. The molecule has 0 saturated heterocycles. The van der Waals surface area contributed by atoms with E-state index in [1.165, 1.54) is 6.07 Å². The lowest BCUT2D eigenvalue weighted by atomic mass is 10.1. The highest BCUT2D eigenvalue weighted by Gasteiger charge is 2.11. The van der Waals surface area contributed by atoms with E-state index in [1.807, 2.05) is 0 Å². The van der Waals surface area contributed by atoms with Crippen molar-refractivity contribution in [3.05, 3.63) is 58.1 Å². The van der Waals surface area contributed by atoms with Gasteiger partial charge < -0.3 is 15.5 Å². The second-order valence-electron chi connectivity index (χ2n) is 4.16. The molecule has 21 heavy (non-hydrogen) atoms. The predicted octanol–water partition coefficient (Wildman–Crippen LogP) is 2.75. The molecular formula is C16H12BrNO3. The lowest BCUT2D eigenvalue weighted by Crippen LogP contribution is -2.12. The molecule has 0 heterocycles. The number of aliphatic hydroxyl groups is 1. The van der Waals surface area contributed by atoms with Gasteiger partial charge in [-0.05, 0) is 36.4 Å². The number of benzene rings is 2. The highest BCUT2D eigenvalue weighted by atomic mass is 79.9. The summed E-state index contributed by atoms with van der Waals surface area (Å²) >= 11 is 3.26. The zero-order valence-electron chi connectivity index (χ0n) is 10.9. The van der Waals surface area contributed by atoms with Gasteiger partial charge in [0.05, 0.1) is 5.56 Å². The van der Waals surface area contributed by atoms with Gasteiger partial charge in [-0.2, -0.15) is 0 Å². The SMILES string of the molecule is O=C(Nc1cccc(C#CCO)c1)c1cc(Br)ccc1O. The van der Waals surface area contributed by atoms with Gasteiger partial charge in [-0.25, -0.2) is 0 Å². The zero-order valence-corrected chi connectivity index (χ0v) is 12.5. The van der Waals surface area contributed by atoms with Gasteiger partial charge in [0.2, 0.25) is 0 Å². The molecule has 0 saturated carbocycles. The Morgan fingerprint density at radius 2 is 2.05 bits per heavy atom. The van der Waals surface area contributed by atoms with E-state index in [1.54, 1.807) is 36.4 Å². The number of phenolic OH excluding ortho intramolecular Hbond substituents is 1. The molecule has 0 fully saturated rings. The molecule has 0 radical (unpaired) electrons. The molecule has 0 aliphatic heterocycles. The van der Waals surface area contributed by atoms with Gasteiger partial charge in [-0.3, -0.25) is 4.79 Å². The lowest BCUT2D eigenvalue weighted by molar-refractivity contribution is 0.102. The number of halogens is 1. The van der Waals surface area contributed by atoms with Crippen molar-refractivity contribution in [2.75, 3.05) is 11.9 Å². The largest absolute Gasteiger partial charge is 0.507 e. The number of carbonyl (C=O) groups is 1. The summed E-state index contributed by atoms with van der Waals surface area (Å²) in [6, 6.07) is 11.6. The second-order valence-corrected chi connectivity index (χ2v) is 5.07. The number of hydrogen-bond donors (Lipinski definition) is 3. The minimum atomic E-state index is -0.416. The Morgan fingerprint density at radius 3 is 2.81 bits per heavy atom. The van der Waals surface area contributed by atoms with Crippen LogP contribution in [0.2, 0.25) is 0 Å². The van der Waals surface area contributed by atoms with Crippen molar-refractivity contribution in [3.8, 4) is 17.6 Å². The quantitative estimate of drug-likeness (QED) is 0.733. The maximum absolute atomic E-state index is 12.1. The first kappa shape index (κ1) is 15.1. The van der Waals surface area contributed by atoms with Crippen LogP contribution in [0.15, 0.2) is 46.9 Å². The van der Waals surface area contributed by atoms with Crippen molar-refractivity contribution >= 4 is 27.5 Å².